The summed E-state index contributed by atoms with van der Waals surface area (Å²) < 4.78 is 5.74. The zero-order chi connectivity index (χ0) is 17.6. The predicted molar refractivity (Wildman–Crippen MR) is 97.9 cm³/mol. The third-order valence-electron chi connectivity index (χ3n) is 4.23. The summed E-state index contributed by atoms with van der Waals surface area (Å²) in [5, 5.41) is 5.79. The van der Waals surface area contributed by atoms with E-state index in [4.69, 9.17) is 4.74 Å². The number of urea groups is 1. The Kier molecular flexibility index (Phi) is 5.38. The second-order valence-electron chi connectivity index (χ2n) is 6.47. The summed E-state index contributed by atoms with van der Waals surface area (Å²) in [6.07, 6.45) is 2.70. The summed E-state index contributed by atoms with van der Waals surface area (Å²) in [7, 11) is 3.89. The Hall–Kier alpha value is -2.76. The summed E-state index contributed by atoms with van der Waals surface area (Å²) in [5.41, 5.74) is 2.17. The molecule has 1 atom stereocenters. The second-order valence-corrected chi connectivity index (χ2v) is 6.47. The molecule has 2 aromatic rings. The van der Waals surface area contributed by atoms with E-state index in [1.54, 1.807) is 6.20 Å². The summed E-state index contributed by atoms with van der Waals surface area (Å²) in [5.74, 6) is 2.14. The van der Waals surface area contributed by atoms with E-state index < -0.39 is 0 Å². The van der Waals surface area contributed by atoms with Gasteiger partial charge in [0.2, 0.25) is 0 Å². The van der Waals surface area contributed by atoms with Crippen LogP contribution in [0.25, 0.3) is 0 Å². The smallest absolute Gasteiger partial charge is 0.315 e. The van der Waals surface area contributed by atoms with Gasteiger partial charge in [-0.15, -0.1) is 0 Å². The van der Waals surface area contributed by atoms with E-state index in [2.05, 4.69) is 21.7 Å². The quantitative estimate of drug-likeness (QED) is 0.876. The van der Waals surface area contributed by atoms with E-state index >= 15 is 0 Å². The van der Waals surface area contributed by atoms with Gasteiger partial charge in [0.25, 0.3) is 0 Å². The highest BCUT2D eigenvalue weighted by Crippen LogP contribution is 2.26. The van der Waals surface area contributed by atoms with Gasteiger partial charge in [0, 0.05) is 39.3 Å². The molecule has 2 amide bonds. The Morgan fingerprint density at radius 1 is 1.24 bits per heavy atom. The minimum Gasteiger partial charge on any atom is -0.493 e. The zero-order valence-corrected chi connectivity index (χ0v) is 14.7. The van der Waals surface area contributed by atoms with Gasteiger partial charge in [-0.25, -0.2) is 9.78 Å². The molecule has 6 nitrogen and oxygen atoms in total. The van der Waals surface area contributed by atoms with Gasteiger partial charge in [-0.2, -0.15) is 0 Å². The van der Waals surface area contributed by atoms with Crippen molar-refractivity contribution in [3.8, 4) is 5.75 Å². The number of rotatable bonds is 5. The summed E-state index contributed by atoms with van der Waals surface area (Å²) in [6.45, 7) is 1.68. The maximum Gasteiger partial charge on any atom is 0.315 e. The third-order valence-corrected chi connectivity index (χ3v) is 4.23. The lowest BCUT2D eigenvalue weighted by atomic mass is 9.97. The summed E-state index contributed by atoms with van der Waals surface area (Å²) in [6, 6.07) is 11.8. The van der Waals surface area contributed by atoms with Crippen molar-refractivity contribution in [1.29, 1.82) is 0 Å². The first-order chi connectivity index (χ1) is 12.1. The van der Waals surface area contributed by atoms with Gasteiger partial charge < -0.3 is 20.3 Å². The van der Waals surface area contributed by atoms with E-state index in [0.29, 0.717) is 25.6 Å². The van der Waals surface area contributed by atoms with Crippen LogP contribution < -0.4 is 20.3 Å². The fourth-order valence-corrected chi connectivity index (χ4v) is 2.79. The Morgan fingerprint density at radius 2 is 2.08 bits per heavy atom. The first kappa shape index (κ1) is 17.1. The molecular formula is C19H24N4O2. The van der Waals surface area contributed by atoms with Gasteiger partial charge in [-0.05, 0) is 29.7 Å². The molecule has 6 heteroatoms. The number of benzene rings is 1. The predicted octanol–water partition coefficient (Wildman–Crippen LogP) is 2.20. The molecule has 1 aliphatic heterocycles. The molecular weight excluding hydrogens is 316 g/mol. The molecule has 0 fully saturated rings. The summed E-state index contributed by atoms with van der Waals surface area (Å²) in [4.78, 5) is 18.3. The lowest BCUT2D eigenvalue weighted by Gasteiger charge is -2.25. The van der Waals surface area contributed by atoms with Crippen molar-refractivity contribution in [2.24, 2.45) is 5.92 Å². The first-order valence-electron chi connectivity index (χ1n) is 8.46. The normalized spacial score (nSPS) is 15.7. The Labute approximate surface area is 148 Å². The van der Waals surface area contributed by atoms with Crippen LogP contribution in [-0.2, 0) is 13.0 Å². The standard InChI is InChI=1S/C19H24N4O2/c1-23(2)18-8-7-14(10-20-18)11-21-19(24)22-12-15-9-16-5-3-4-6-17(16)25-13-15/h3-8,10,15H,9,11-13H2,1-2H3,(H2,21,22,24)/t15-/m0/s1. The SMILES string of the molecule is CN(C)c1ccc(CNC(=O)NC[C@H]2COc3ccccc3C2)cn1. The van der Waals surface area contributed by atoms with Crippen LogP contribution in [-0.4, -0.2) is 38.3 Å². The number of nitrogens with one attached hydrogen (secondary N) is 2. The molecule has 0 spiro atoms. The molecule has 0 aliphatic carbocycles. The number of aromatic nitrogens is 1. The highest BCUT2D eigenvalue weighted by atomic mass is 16.5. The molecule has 1 aromatic heterocycles. The average Bonchev–Trinajstić information content (AvgIpc) is 2.65. The van der Waals surface area contributed by atoms with E-state index in [-0.39, 0.29) is 6.03 Å². The van der Waals surface area contributed by atoms with Crippen molar-refractivity contribution in [2.45, 2.75) is 13.0 Å². The Bertz CT molecular complexity index is 716. The van der Waals surface area contributed by atoms with E-state index in [1.165, 1.54) is 5.56 Å². The lowest BCUT2D eigenvalue weighted by Crippen LogP contribution is -2.40. The van der Waals surface area contributed by atoms with Crippen molar-refractivity contribution in [1.82, 2.24) is 15.6 Å². The van der Waals surface area contributed by atoms with Crippen LogP contribution in [0.3, 0.4) is 0 Å². The minimum absolute atomic E-state index is 0.171. The van der Waals surface area contributed by atoms with Crippen LogP contribution in [0, 0.1) is 5.92 Å². The Balaban J connectivity index is 1.41. The molecule has 1 aliphatic rings. The van der Waals surface area contributed by atoms with Crippen LogP contribution in [0.5, 0.6) is 5.75 Å². The first-order valence-corrected chi connectivity index (χ1v) is 8.46. The third kappa shape index (κ3) is 4.62. The fraction of sp³-hybridized carbons (Fsp3) is 0.368. The van der Waals surface area contributed by atoms with Crippen LogP contribution in [0.1, 0.15) is 11.1 Å². The molecule has 0 saturated carbocycles. The highest BCUT2D eigenvalue weighted by Gasteiger charge is 2.19. The number of ether oxygens (including phenoxy) is 1. The number of hydrogen-bond acceptors (Lipinski definition) is 4. The molecule has 2 N–H and O–H groups in total. The fourth-order valence-electron chi connectivity index (χ4n) is 2.79. The van der Waals surface area contributed by atoms with Crippen molar-refractivity contribution >= 4 is 11.8 Å². The van der Waals surface area contributed by atoms with Crippen LogP contribution in [0.4, 0.5) is 10.6 Å². The maximum atomic E-state index is 12.0. The minimum atomic E-state index is -0.171. The van der Waals surface area contributed by atoms with Crippen molar-refractivity contribution in [3.05, 3.63) is 53.7 Å². The van der Waals surface area contributed by atoms with Crippen LogP contribution >= 0.6 is 0 Å². The molecule has 0 saturated heterocycles. The lowest BCUT2D eigenvalue weighted by molar-refractivity contribution is 0.211. The summed E-state index contributed by atoms with van der Waals surface area (Å²) >= 11 is 0. The van der Waals surface area contributed by atoms with Crippen molar-refractivity contribution in [3.63, 3.8) is 0 Å². The number of carbonyl (C=O) groups is 1. The molecule has 1 aromatic carbocycles. The topological polar surface area (TPSA) is 66.5 Å². The van der Waals surface area contributed by atoms with Crippen molar-refractivity contribution in [2.75, 3.05) is 32.1 Å². The second kappa shape index (κ2) is 7.88. The number of pyridine rings is 1. The molecule has 0 radical (unpaired) electrons. The number of para-hydroxylation sites is 1. The van der Waals surface area contributed by atoms with Gasteiger partial charge in [0.1, 0.15) is 11.6 Å². The van der Waals surface area contributed by atoms with Gasteiger partial charge in [-0.1, -0.05) is 24.3 Å². The average molecular weight is 340 g/mol. The number of anilines is 1. The van der Waals surface area contributed by atoms with Gasteiger partial charge in [0.05, 0.1) is 6.61 Å². The molecule has 0 unspecified atom stereocenters. The van der Waals surface area contributed by atoms with Gasteiger partial charge in [0.15, 0.2) is 0 Å². The number of fused-ring (bicyclic) bond motifs is 1. The van der Waals surface area contributed by atoms with Crippen LogP contribution in [0.2, 0.25) is 0 Å². The molecule has 132 valence electrons. The highest BCUT2D eigenvalue weighted by molar-refractivity contribution is 5.73. The largest absolute Gasteiger partial charge is 0.493 e. The number of nitrogens with zero attached hydrogens (tertiary/aromatic N) is 2. The van der Waals surface area contributed by atoms with E-state index in [1.807, 2.05) is 49.3 Å². The number of carbonyl (C=O) groups excluding carboxylic acids is 1. The van der Waals surface area contributed by atoms with Gasteiger partial charge in [-0.3, -0.25) is 0 Å². The molecule has 3 rings (SSSR count). The monoisotopic (exact) mass is 340 g/mol. The van der Waals surface area contributed by atoms with Gasteiger partial charge >= 0.3 is 6.03 Å². The van der Waals surface area contributed by atoms with Crippen LogP contribution in [0.15, 0.2) is 42.6 Å². The molecule has 2 heterocycles. The molecule has 0 bridgehead atoms. The molecule has 25 heavy (non-hydrogen) atoms. The van der Waals surface area contributed by atoms with Crippen molar-refractivity contribution < 1.29 is 9.53 Å². The number of hydrogen-bond donors (Lipinski definition) is 2. The maximum absolute atomic E-state index is 12.0. The van der Waals surface area contributed by atoms with E-state index in [0.717, 1.165) is 23.6 Å². The number of amides is 2. The van der Waals surface area contributed by atoms with E-state index in [9.17, 15) is 4.79 Å². The Morgan fingerprint density at radius 3 is 2.84 bits per heavy atom. The zero-order valence-electron chi connectivity index (χ0n) is 14.7.